The van der Waals surface area contributed by atoms with Gasteiger partial charge < -0.3 is 10.1 Å². The maximum Gasteiger partial charge on any atom is 0.273 e. The molecule has 1 aromatic rings. The lowest BCUT2D eigenvalue weighted by molar-refractivity contribution is 0.0940. The number of nitrogens with one attached hydrogen (secondary N) is 3. The number of rotatable bonds is 4. The highest BCUT2D eigenvalue weighted by atomic mass is 32.2. The Kier molecular flexibility index (Phi) is 7.38. The van der Waals surface area contributed by atoms with Crippen LogP contribution in [0.15, 0.2) is 23.1 Å². The third kappa shape index (κ3) is 5.25. The van der Waals surface area contributed by atoms with Crippen LogP contribution >= 0.6 is 24.0 Å². The minimum absolute atomic E-state index is 0.279. The van der Waals surface area contributed by atoms with Crippen LogP contribution < -0.4 is 20.9 Å². The van der Waals surface area contributed by atoms with Gasteiger partial charge in [-0.2, -0.15) is 0 Å². The van der Waals surface area contributed by atoms with E-state index in [1.54, 1.807) is 24.9 Å². The van der Waals surface area contributed by atoms with E-state index in [9.17, 15) is 4.79 Å². The number of thiocarbonyl (C=S) groups is 1. The predicted molar refractivity (Wildman–Crippen MR) is 107 cm³/mol. The Morgan fingerprint density at radius 3 is 2.72 bits per heavy atom. The van der Waals surface area contributed by atoms with Gasteiger partial charge in [0, 0.05) is 10.9 Å². The fourth-order valence-corrected chi connectivity index (χ4v) is 3.79. The van der Waals surface area contributed by atoms with Gasteiger partial charge >= 0.3 is 0 Å². The largest absolute Gasteiger partial charge is 0.496 e. The molecule has 1 amide bonds. The molecule has 2 rings (SSSR count). The fourth-order valence-electron chi connectivity index (χ4n) is 3.16. The summed E-state index contributed by atoms with van der Waals surface area (Å²) >= 11 is 6.92. The van der Waals surface area contributed by atoms with E-state index in [4.69, 9.17) is 17.0 Å². The summed E-state index contributed by atoms with van der Waals surface area (Å²) in [7, 11) is 1.56. The van der Waals surface area contributed by atoms with Crippen molar-refractivity contribution >= 4 is 35.0 Å². The number of hydrogen-bond donors (Lipinski definition) is 3. The van der Waals surface area contributed by atoms with Gasteiger partial charge in [-0.25, -0.2) is 0 Å². The van der Waals surface area contributed by atoms with Crippen molar-refractivity contribution in [1.29, 1.82) is 0 Å². The topological polar surface area (TPSA) is 62.4 Å². The highest BCUT2D eigenvalue weighted by molar-refractivity contribution is 7.98. The predicted octanol–water partition coefficient (Wildman–Crippen LogP) is 3.35. The SMILES string of the molecule is COc1cc(SC)ccc1C(=O)NNC(=S)N[C@H]1CCC[C@@H](C)[C@H]1C. The molecule has 7 heteroatoms. The molecule has 0 heterocycles. The molecule has 0 spiro atoms. The summed E-state index contributed by atoms with van der Waals surface area (Å²) in [6.45, 7) is 4.53. The Balaban J connectivity index is 1.90. The molecule has 0 aromatic heterocycles. The van der Waals surface area contributed by atoms with E-state index in [0.717, 1.165) is 11.3 Å². The molecule has 0 aliphatic heterocycles. The number of hydrogen-bond acceptors (Lipinski definition) is 4. The second-order valence-corrected chi connectivity index (χ2v) is 7.78. The molecule has 0 unspecified atom stereocenters. The third-order valence-electron chi connectivity index (χ3n) is 4.97. The fraction of sp³-hybridized carbons (Fsp3) is 0.556. The van der Waals surface area contributed by atoms with E-state index in [1.165, 1.54) is 12.8 Å². The van der Waals surface area contributed by atoms with Crippen molar-refractivity contribution < 1.29 is 9.53 Å². The van der Waals surface area contributed by atoms with Gasteiger partial charge in [0.2, 0.25) is 0 Å². The van der Waals surface area contributed by atoms with Gasteiger partial charge in [-0.1, -0.05) is 26.7 Å². The molecule has 3 N–H and O–H groups in total. The zero-order valence-electron chi connectivity index (χ0n) is 15.2. The van der Waals surface area contributed by atoms with Crippen LogP contribution in [0.2, 0.25) is 0 Å². The number of ether oxygens (including phenoxy) is 1. The van der Waals surface area contributed by atoms with Crippen molar-refractivity contribution in [2.75, 3.05) is 13.4 Å². The first-order valence-electron chi connectivity index (χ1n) is 8.55. The summed E-state index contributed by atoms with van der Waals surface area (Å²) in [5.74, 6) is 1.50. The standard InChI is InChI=1S/C18H27N3O2S2/c1-11-6-5-7-15(12(11)2)19-18(24)21-20-17(22)14-9-8-13(25-4)10-16(14)23-3/h8-12,15H,5-7H2,1-4H3,(H,20,22)(H2,19,21,24)/t11-,12-,15+/m1/s1. The van der Waals surface area contributed by atoms with Gasteiger partial charge in [0.1, 0.15) is 5.75 Å². The van der Waals surface area contributed by atoms with Crippen LogP contribution in [0.4, 0.5) is 0 Å². The first kappa shape index (κ1) is 19.8. The van der Waals surface area contributed by atoms with E-state index >= 15 is 0 Å². The number of carbonyl (C=O) groups excluding carboxylic acids is 1. The highest BCUT2D eigenvalue weighted by Crippen LogP contribution is 2.29. The number of thioether (sulfide) groups is 1. The third-order valence-corrected chi connectivity index (χ3v) is 5.91. The molecule has 5 nitrogen and oxygen atoms in total. The smallest absolute Gasteiger partial charge is 0.273 e. The minimum Gasteiger partial charge on any atom is -0.496 e. The number of benzene rings is 1. The number of amides is 1. The number of methoxy groups -OCH3 is 1. The van der Waals surface area contributed by atoms with Gasteiger partial charge in [0.05, 0.1) is 12.7 Å². The summed E-state index contributed by atoms with van der Waals surface area (Å²) < 4.78 is 5.31. The first-order valence-corrected chi connectivity index (χ1v) is 10.2. The summed E-state index contributed by atoms with van der Waals surface area (Å²) in [5.41, 5.74) is 5.92. The molecule has 1 fully saturated rings. The molecule has 0 radical (unpaired) electrons. The zero-order chi connectivity index (χ0) is 18.4. The van der Waals surface area contributed by atoms with E-state index in [1.807, 2.05) is 18.4 Å². The van der Waals surface area contributed by atoms with E-state index in [2.05, 4.69) is 30.0 Å². The van der Waals surface area contributed by atoms with Gasteiger partial charge in [-0.3, -0.25) is 15.6 Å². The van der Waals surface area contributed by atoms with Crippen LogP contribution in [0, 0.1) is 11.8 Å². The van der Waals surface area contributed by atoms with E-state index < -0.39 is 0 Å². The second kappa shape index (κ2) is 9.29. The summed E-state index contributed by atoms with van der Waals surface area (Å²) in [4.78, 5) is 13.4. The molecular formula is C18H27N3O2S2. The zero-order valence-corrected chi connectivity index (χ0v) is 16.9. The van der Waals surface area contributed by atoms with Crippen molar-refractivity contribution in [2.24, 2.45) is 11.8 Å². The highest BCUT2D eigenvalue weighted by Gasteiger charge is 2.27. The Morgan fingerprint density at radius 2 is 2.04 bits per heavy atom. The normalized spacial score (nSPS) is 22.8. The van der Waals surface area contributed by atoms with Crippen LogP contribution in [0.1, 0.15) is 43.5 Å². The van der Waals surface area contributed by atoms with Crippen LogP contribution in [0.25, 0.3) is 0 Å². The summed E-state index contributed by atoms with van der Waals surface area (Å²) in [6, 6.07) is 5.84. The number of hydrazine groups is 1. The van der Waals surface area contributed by atoms with Gasteiger partial charge in [-0.05, 0) is 54.9 Å². The van der Waals surface area contributed by atoms with Crippen molar-refractivity contribution in [3.8, 4) is 5.75 Å². The molecule has 1 saturated carbocycles. The molecular weight excluding hydrogens is 354 g/mol. The molecule has 1 aliphatic carbocycles. The van der Waals surface area contributed by atoms with Crippen LogP contribution in [-0.2, 0) is 0 Å². The average molecular weight is 382 g/mol. The monoisotopic (exact) mass is 381 g/mol. The van der Waals surface area contributed by atoms with Gasteiger partial charge in [0.25, 0.3) is 5.91 Å². The summed E-state index contributed by atoms with van der Waals surface area (Å²) in [6.07, 6.45) is 5.55. The van der Waals surface area contributed by atoms with Crippen LogP contribution in [0.5, 0.6) is 5.75 Å². The molecule has 3 atom stereocenters. The summed E-state index contributed by atoms with van der Waals surface area (Å²) in [5, 5.41) is 3.77. The maximum absolute atomic E-state index is 12.4. The Labute approximate surface area is 159 Å². The Morgan fingerprint density at radius 1 is 1.28 bits per heavy atom. The van der Waals surface area contributed by atoms with Crippen molar-refractivity contribution in [3.05, 3.63) is 23.8 Å². The van der Waals surface area contributed by atoms with Gasteiger partial charge in [0.15, 0.2) is 5.11 Å². The van der Waals surface area contributed by atoms with Crippen molar-refractivity contribution in [3.63, 3.8) is 0 Å². The Bertz CT molecular complexity index is 624. The Hall–Kier alpha value is -1.47. The van der Waals surface area contributed by atoms with Crippen molar-refractivity contribution in [2.45, 2.75) is 44.0 Å². The van der Waals surface area contributed by atoms with E-state index in [-0.39, 0.29) is 5.91 Å². The second-order valence-electron chi connectivity index (χ2n) is 6.49. The molecule has 0 bridgehead atoms. The lowest BCUT2D eigenvalue weighted by atomic mass is 9.78. The molecule has 138 valence electrons. The minimum atomic E-state index is -0.279. The van der Waals surface area contributed by atoms with E-state index in [0.29, 0.717) is 34.3 Å². The molecule has 25 heavy (non-hydrogen) atoms. The van der Waals surface area contributed by atoms with Crippen molar-refractivity contribution in [1.82, 2.24) is 16.2 Å². The van der Waals surface area contributed by atoms with Gasteiger partial charge in [-0.15, -0.1) is 11.8 Å². The lowest BCUT2D eigenvalue weighted by Gasteiger charge is -2.35. The maximum atomic E-state index is 12.4. The molecule has 1 aliphatic rings. The average Bonchev–Trinajstić information content (AvgIpc) is 2.62. The van der Waals surface area contributed by atoms with Crippen LogP contribution in [0.3, 0.4) is 0 Å². The quantitative estimate of drug-likeness (QED) is 0.422. The first-order chi connectivity index (χ1) is 12.0. The molecule has 1 aromatic carbocycles. The van der Waals surface area contributed by atoms with Crippen LogP contribution in [-0.4, -0.2) is 30.4 Å². The lowest BCUT2D eigenvalue weighted by Crippen LogP contribution is -2.52. The number of carbonyl (C=O) groups is 1. The molecule has 0 saturated heterocycles.